The van der Waals surface area contributed by atoms with Gasteiger partial charge in [-0.15, -0.1) is 0 Å². The summed E-state index contributed by atoms with van der Waals surface area (Å²) in [4.78, 5) is 11.3. The predicted molar refractivity (Wildman–Crippen MR) is 54.5 cm³/mol. The van der Waals surface area contributed by atoms with E-state index >= 15 is 0 Å². The maximum atomic E-state index is 11.3. The van der Waals surface area contributed by atoms with Gasteiger partial charge in [-0.1, -0.05) is 12.8 Å². The molecule has 76 valence electrons. The summed E-state index contributed by atoms with van der Waals surface area (Å²) >= 11 is 0. The second-order valence-electron chi connectivity index (χ2n) is 4.39. The van der Waals surface area contributed by atoms with E-state index in [1.165, 1.54) is 12.8 Å². The molecule has 0 radical (unpaired) electrons. The van der Waals surface area contributed by atoms with Gasteiger partial charge in [-0.2, -0.15) is 0 Å². The lowest BCUT2D eigenvalue weighted by atomic mass is 10.1. The third-order valence-electron chi connectivity index (χ3n) is 2.64. The van der Waals surface area contributed by atoms with Crippen molar-refractivity contribution in [3.8, 4) is 0 Å². The summed E-state index contributed by atoms with van der Waals surface area (Å²) in [5, 5.41) is 0. The molecule has 1 atom stereocenters. The number of hydrogen-bond donors (Lipinski definition) is 1. The van der Waals surface area contributed by atoms with Gasteiger partial charge in [-0.05, 0) is 32.1 Å². The fourth-order valence-electron chi connectivity index (χ4n) is 1.52. The van der Waals surface area contributed by atoms with Crippen molar-refractivity contribution in [2.75, 3.05) is 0 Å². The second-order valence-corrected chi connectivity index (χ2v) is 4.39. The first kappa shape index (κ1) is 10.7. The number of carbonyl (C=O) groups is 1. The summed E-state index contributed by atoms with van der Waals surface area (Å²) < 4.78 is 0. The molecule has 2 nitrogen and oxygen atoms in total. The molecule has 0 amide bonds. The van der Waals surface area contributed by atoms with Crippen LogP contribution < -0.4 is 5.73 Å². The summed E-state index contributed by atoms with van der Waals surface area (Å²) in [7, 11) is 0. The fourth-order valence-corrected chi connectivity index (χ4v) is 1.52. The second kappa shape index (κ2) is 5.38. The standard InChI is InChI=1S/C11H21NO/c1-9(12)3-2-4-11(13)8-7-10-5-6-10/h9-10H,2-8,12H2,1H3. The summed E-state index contributed by atoms with van der Waals surface area (Å²) in [6.07, 6.45) is 7.35. The molecular formula is C11H21NO. The van der Waals surface area contributed by atoms with Gasteiger partial charge in [0.1, 0.15) is 5.78 Å². The van der Waals surface area contributed by atoms with Gasteiger partial charge in [0.05, 0.1) is 0 Å². The molecule has 13 heavy (non-hydrogen) atoms. The first-order chi connectivity index (χ1) is 6.18. The number of Topliss-reactive ketones (excluding diaryl/α,β-unsaturated/α-hetero) is 1. The summed E-state index contributed by atoms with van der Waals surface area (Å²) in [5.74, 6) is 1.32. The Labute approximate surface area is 80.9 Å². The zero-order valence-corrected chi connectivity index (χ0v) is 8.59. The molecule has 1 unspecified atom stereocenters. The van der Waals surface area contributed by atoms with Crippen LogP contribution in [0.4, 0.5) is 0 Å². The van der Waals surface area contributed by atoms with E-state index in [1.807, 2.05) is 6.92 Å². The van der Waals surface area contributed by atoms with Crippen molar-refractivity contribution in [3.63, 3.8) is 0 Å². The van der Waals surface area contributed by atoms with Crippen LogP contribution in [0, 0.1) is 5.92 Å². The number of rotatable bonds is 7. The Balaban J connectivity index is 1.90. The van der Waals surface area contributed by atoms with Gasteiger partial charge in [-0.25, -0.2) is 0 Å². The van der Waals surface area contributed by atoms with Crippen LogP contribution in [0.3, 0.4) is 0 Å². The molecule has 0 aromatic rings. The summed E-state index contributed by atoms with van der Waals surface area (Å²) in [6, 6.07) is 0.247. The molecule has 1 saturated carbocycles. The third kappa shape index (κ3) is 5.81. The van der Waals surface area contributed by atoms with Gasteiger partial charge in [-0.3, -0.25) is 4.79 Å². The van der Waals surface area contributed by atoms with Crippen molar-refractivity contribution in [1.29, 1.82) is 0 Å². The Morgan fingerprint density at radius 1 is 1.46 bits per heavy atom. The van der Waals surface area contributed by atoms with Crippen molar-refractivity contribution in [2.45, 2.75) is 57.9 Å². The van der Waals surface area contributed by atoms with Crippen molar-refractivity contribution in [3.05, 3.63) is 0 Å². The highest BCUT2D eigenvalue weighted by Gasteiger charge is 2.21. The molecule has 1 aliphatic carbocycles. The van der Waals surface area contributed by atoms with Crippen LogP contribution in [0.15, 0.2) is 0 Å². The van der Waals surface area contributed by atoms with E-state index in [0.717, 1.165) is 38.0 Å². The Hall–Kier alpha value is -0.370. The topological polar surface area (TPSA) is 43.1 Å². The highest BCUT2D eigenvalue weighted by Crippen LogP contribution is 2.33. The molecule has 0 bridgehead atoms. The first-order valence-electron chi connectivity index (χ1n) is 5.45. The number of carbonyl (C=O) groups excluding carboxylic acids is 1. The van der Waals surface area contributed by atoms with E-state index in [9.17, 15) is 4.79 Å². The molecule has 0 aromatic heterocycles. The van der Waals surface area contributed by atoms with E-state index in [0.29, 0.717) is 5.78 Å². The van der Waals surface area contributed by atoms with Gasteiger partial charge in [0.2, 0.25) is 0 Å². The normalized spacial score (nSPS) is 18.6. The molecule has 0 spiro atoms. The average Bonchev–Trinajstić information content (AvgIpc) is 2.83. The van der Waals surface area contributed by atoms with Crippen LogP contribution in [0.5, 0.6) is 0 Å². The fraction of sp³-hybridized carbons (Fsp3) is 0.909. The van der Waals surface area contributed by atoms with Crippen LogP contribution in [-0.2, 0) is 4.79 Å². The molecule has 1 aliphatic rings. The molecule has 0 aromatic carbocycles. The van der Waals surface area contributed by atoms with Crippen LogP contribution in [0.25, 0.3) is 0 Å². The zero-order valence-electron chi connectivity index (χ0n) is 8.59. The largest absolute Gasteiger partial charge is 0.328 e. The van der Waals surface area contributed by atoms with Crippen LogP contribution in [0.2, 0.25) is 0 Å². The quantitative estimate of drug-likeness (QED) is 0.658. The third-order valence-corrected chi connectivity index (χ3v) is 2.64. The number of nitrogens with two attached hydrogens (primary N) is 1. The molecule has 0 saturated heterocycles. The number of ketones is 1. The summed E-state index contributed by atoms with van der Waals surface area (Å²) in [6.45, 7) is 1.99. The predicted octanol–water partition coefficient (Wildman–Crippen LogP) is 2.26. The molecule has 1 rings (SSSR count). The molecular weight excluding hydrogens is 162 g/mol. The monoisotopic (exact) mass is 183 g/mol. The first-order valence-corrected chi connectivity index (χ1v) is 5.45. The molecule has 0 aliphatic heterocycles. The number of hydrogen-bond acceptors (Lipinski definition) is 2. The van der Waals surface area contributed by atoms with Gasteiger partial charge in [0, 0.05) is 18.9 Å². The maximum Gasteiger partial charge on any atom is 0.132 e. The average molecular weight is 183 g/mol. The molecule has 1 fully saturated rings. The Morgan fingerprint density at radius 3 is 2.69 bits per heavy atom. The minimum atomic E-state index is 0.247. The molecule has 2 N–H and O–H groups in total. The lowest BCUT2D eigenvalue weighted by Crippen LogP contribution is -2.14. The highest BCUT2D eigenvalue weighted by molar-refractivity contribution is 5.78. The maximum absolute atomic E-state index is 11.3. The van der Waals surface area contributed by atoms with Gasteiger partial charge < -0.3 is 5.73 Å². The van der Waals surface area contributed by atoms with E-state index in [4.69, 9.17) is 5.73 Å². The lowest BCUT2D eigenvalue weighted by molar-refractivity contribution is -0.119. The highest BCUT2D eigenvalue weighted by atomic mass is 16.1. The van der Waals surface area contributed by atoms with E-state index < -0.39 is 0 Å². The summed E-state index contributed by atoms with van der Waals surface area (Å²) in [5.41, 5.74) is 5.60. The lowest BCUT2D eigenvalue weighted by Gasteiger charge is -2.03. The Kier molecular flexibility index (Phi) is 4.43. The zero-order chi connectivity index (χ0) is 9.68. The Bertz CT molecular complexity index is 161. The minimum Gasteiger partial charge on any atom is -0.328 e. The van der Waals surface area contributed by atoms with Crippen molar-refractivity contribution in [2.24, 2.45) is 11.7 Å². The van der Waals surface area contributed by atoms with Crippen LogP contribution in [0.1, 0.15) is 51.9 Å². The van der Waals surface area contributed by atoms with Crippen LogP contribution >= 0.6 is 0 Å². The Morgan fingerprint density at radius 2 is 2.15 bits per heavy atom. The van der Waals surface area contributed by atoms with E-state index in [2.05, 4.69) is 0 Å². The van der Waals surface area contributed by atoms with Crippen molar-refractivity contribution < 1.29 is 4.79 Å². The van der Waals surface area contributed by atoms with Gasteiger partial charge >= 0.3 is 0 Å². The van der Waals surface area contributed by atoms with Gasteiger partial charge in [0.15, 0.2) is 0 Å². The molecule has 2 heteroatoms. The van der Waals surface area contributed by atoms with Crippen molar-refractivity contribution in [1.82, 2.24) is 0 Å². The van der Waals surface area contributed by atoms with E-state index in [1.54, 1.807) is 0 Å². The van der Waals surface area contributed by atoms with Crippen LogP contribution in [-0.4, -0.2) is 11.8 Å². The molecule has 0 heterocycles. The van der Waals surface area contributed by atoms with Gasteiger partial charge in [0.25, 0.3) is 0 Å². The smallest absolute Gasteiger partial charge is 0.132 e. The van der Waals surface area contributed by atoms with Crippen molar-refractivity contribution >= 4 is 5.78 Å². The minimum absolute atomic E-state index is 0.247. The van der Waals surface area contributed by atoms with E-state index in [-0.39, 0.29) is 6.04 Å². The SMILES string of the molecule is CC(N)CCCC(=O)CCC1CC1.